The van der Waals surface area contributed by atoms with E-state index in [0.717, 1.165) is 21.2 Å². The second-order valence-corrected chi connectivity index (χ2v) is 9.14. The number of amides is 2. The molecule has 1 aliphatic heterocycles. The van der Waals surface area contributed by atoms with Crippen molar-refractivity contribution in [3.05, 3.63) is 57.4 Å². The van der Waals surface area contributed by atoms with Gasteiger partial charge in [-0.15, -0.1) is 11.3 Å². The van der Waals surface area contributed by atoms with Gasteiger partial charge >= 0.3 is 6.09 Å². The smallest absolute Gasteiger partial charge is 0.414 e. The summed E-state index contributed by atoms with van der Waals surface area (Å²) in [6, 6.07) is 11.5. The van der Waals surface area contributed by atoms with Crippen LogP contribution in [0, 0.1) is 13.8 Å². The minimum absolute atomic E-state index is 0.141. The first-order valence-corrected chi connectivity index (χ1v) is 11.6. The lowest BCUT2D eigenvalue weighted by Gasteiger charge is -2.42. The summed E-state index contributed by atoms with van der Waals surface area (Å²) in [4.78, 5) is 30.5. The van der Waals surface area contributed by atoms with Crippen LogP contribution < -0.4 is 9.80 Å². The van der Waals surface area contributed by atoms with E-state index in [1.807, 2.05) is 57.2 Å². The minimum Gasteiger partial charge on any atom is -0.449 e. The first-order valence-electron chi connectivity index (χ1n) is 10.4. The summed E-state index contributed by atoms with van der Waals surface area (Å²) < 4.78 is 6.32. The molecule has 7 heteroatoms. The van der Waals surface area contributed by atoms with E-state index in [9.17, 15) is 9.59 Å². The van der Waals surface area contributed by atoms with E-state index in [-0.39, 0.29) is 18.0 Å². The Hall–Kier alpha value is -2.57. The summed E-state index contributed by atoms with van der Waals surface area (Å²) in [5.41, 5.74) is 3.51. The van der Waals surface area contributed by atoms with Gasteiger partial charge in [0.15, 0.2) is 0 Å². The molecule has 0 spiro atoms. The maximum Gasteiger partial charge on any atom is 0.414 e. The van der Waals surface area contributed by atoms with Gasteiger partial charge in [0.2, 0.25) is 0 Å². The molecule has 3 aromatic rings. The zero-order valence-corrected chi connectivity index (χ0v) is 19.6. The van der Waals surface area contributed by atoms with Crippen LogP contribution in [0.5, 0.6) is 0 Å². The van der Waals surface area contributed by atoms with Gasteiger partial charge in [0.25, 0.3) is 5.91 Å². The quantitative estimate of drug-likeness (QED) is 0.447. The number of thiophene rings is 1. The predicted molar refractivity (Wildman–Crippen MR) is 128 cm³/mol. The number of fused-ring (bicyclic) bond motifs is 2. The highest BCUT2D eigenvalue weighted by molar-refractivity contribution is 7.21. The van der Waals surface area contributed by atoms with Crippen LogP contribution >= 0.6 is 22.9 Å². The van der Waals surface area contributed by atoms with Crippen LogP contribution in [0.3, 0.4) is 0 Å². The Morgan fingerprint density at radius 2 is 1.81 bits per heavy atom. The fraction of sp³-hybridized carbons (Fsp3) is 0.333. The molecular formula is C24H25ClN2O3S. The van der Waals surface area contributed by atoms with E-state index in [1.54, 1.807) is 16.7 Å². The third kappa shape index (κ3) is 3.68. The number of nitrogens with zero attached hydrogens (tertiary/aromatic N) is 2. The average molecular weight is 457 g/mol. The second-order valence-electron chi connectivity index (χ2n) is 7.71. The Morgan fingerprint density at radius 1 is 1.13 bits per heavy atom. The van der Waals surface area contributed by atoms with Crippen molar-refractivity contribution in [2.24, 2.45) is 0 Å². The summed E-state index contributed by atoms with van der Waals surface area (Å²) >= 11 is 8.03. The highest BCUT2D eigenvalue weighted by atomic mass is 35.5. The SMILES string of the molecule is CCOC(=O)N1c2cc(C)c(C)cc2N(C(=O)c2sc3ccccc3c2Cl)CC1CC. The van der Waals surface area contributed by atoms with Crippen molar-refractivity contribution in [1.29, 1.82) is 0 Å². The van der Waals surface area contributed by atoms with Gasteiger partial charge in [-0.3, -0.25) is 9.69 Å². The summed E-state index contributed by atoms with van der Waals surface area (Å²) in [6.45, 7) is 8.50. The zero-order chi connectivity index (χ0) is 22.3. The second kappa shape index (κ2) is 8.52. The van der Waals surface area contributed by atoms with E-state index < -0.39 is 0 Å². The van der Waals surface area contributed by atoms with Crippen molar-refractivity contribution in [3.63, 3.8) is 0 Å². The number of halogens is 1. The molecule has 1 aliphatic rings. The van der Waals surface area contributed by atoms with Crippen molar-refractivity contribution >= 4 is 56.4 Å². The molecule has 5 nitrogen and oxygen atoms in total. The van der Waals surface area contributed by atoms with Crippen LogP contribution in [0.4, 0.5) is 16.2 Å². The van der Waals surface area contributed by atoms with Gasteiger partial charge in [0.05, 0.1) is 29.0 Å². The standard InChI is InChI=1S/C24H25ClN2O3S/c1-5-16-13-26(23(28)22-21(25)17-9-7-8-10-20(17)31-22)18-11-14(3)15(4)12-19(18)27(16)24(29)30-6-2/h7-12,16H,5-6,13H2,1-4H3. The molecular weight excluding hydrogens is 432 g/mol. The lowest BCUT2D eigenvalue weighted by Crippen LogP contribution is -2.53. The number of ether oxygens (including phenoxy) is 1. The Labute approximate surface area is 191 Å². The molecule has 0 N–H and O–H groups in total. The highest BCUT2D eigenvalue weighted by Crippen LogP contribution is 2.42. The van der Waals surface area contributed by atoms with Crippen molar-refractivity contribution in [3.8, 4) is 0 Å². The van der Waals surface area contributed by atoms with E-state index >= 15 is 0 Å². The molecule has 0 radical (unpaired) electrons. The molecule has 1 aromatic heterocycles. The van der Waals surface area contributed by atoms with Crippen molar-refractivity contribution in [2.45, 2.75) is 40.2 Å². The molecule has 2 aromatic carbocycles. The molecule has 2 amide bonds. The molecule has 1 atom stereocenters. The van der Waals surface area contributed by atoms with Crippen LogP contribution in [0.2, 0.25) is 5.02 Å². The van der Waals surface area contributed by atoms with Gasteiger partial charge < -0.3 is 9.64 Å². The molecule has 4 rings (SSSR count). The Balaban J connectivity index is 1.85. The lowest BCUT2D eigenvalue weighted by atomic mass is 10.00. The third-order valence-electron chi connectivity index (χ3n) is 5.81. The van der Waals surface area contributed by atoms with E-state index in [4.69, 9.17) is 16.3 Å². The van der Waals surface area contributed by atoms with E-state index in [0.29, 0.717) is 40.8 Å². The number of aryl methyl sites for hydroxylation is 2. The summed E-state index contributed by atoms with van der Waals surface area (Å²) in [5.74, 6) is -0.141. The third-order valence-corrected chi connectivity index (χ3v) is 7.47. The average Bonchev–Trinajstić information content (AvgIpc) is 3.10. The molecule has 0 saturated heterocycles. The van der Waals surface area contributed by atoms with Gasteiger partial charge in [-0.05, 0) is 56.5 Å². The predicted octanol–water partition coefficient (Wildman–Crippen LogP) is 6.57. The molecule has 0 bridgehead atoms. The van der Waals surface area contributed by atoms with Crippen LogP contribution in [0.1, 0.15) is 41.1 Å². The molecule has 31 heavy (non-hydrogen) atoms. The number of benzene rings is 2. The van der Waals surface area contributed by atoms with E-state index in [2.05, 4.69) is 0 Å². The normalized spacial score (nSPS) is 15.8. The maximum absolute atomic E-state index is 13.7. The zero-order valence-electron chi connectivity index (χ0n) is 18.1. The Kier molecular flexibility index (Phi) is 5.95. The number of rotatable bonds is 3. The molecule has 2 heterocycles. The summed E-state index contributed by atoms with van der Waals surface area (Å²) in [7, 11) is 0. The molecule has 0 saturated carbocycles. The maximum atomic E-state index is 13.7. The number of hydrogen-bond donors (Lipinski definition) is 0. The fourth-order valence-electron chi connectivity index (χ4n) is 4.00. The van der Waals surface area contributed by atoms with Gasteiger partial charge in [-0.1, -0.05) is 36.7 Å². The molecule has 162 valence electrons. The Morgan fingerprint density at radius 3 is 2.45 bits per heavy atom. The minimum atomic E-state index is -0.383. The molecule has 0 aliphatic carbocycles. The van der Waals surface area contributed by atoms with Crippen LogP contribution in [0.25, 0.3) is 10.1 Å². The highest BCUT2D eigenvalue weighted by Gasteiger charge is 2.38. The van der Waals surface area contributed by atoms with Gasteiger partial charge in [-0.25, -0.2) is 4.79 Å². The van der Waals surface area contributed by atoms with Gasteiger partial charge in [0, 0.05) is 16.6 Å². The summed E-state index contributed by atoms with van der Waals surface area (Å²) in [6.07, 6.45) is 0.306. The van der Waals surface area contributed by atoms with Gasteiger partial charge in [-0.2, -0.15) is 0 Å². The topological polar surface area (TPSA) is 49.9 Å². The Bertz CT molecular complexity index is 1170. The number of carbonyl (C=O) groups is 2. The molecule has 1 unspecified atom stereocenters. The fourth-order valence-corrected chi connectivity index (χ4v) is 5.46. The van der Waals surface area contributed by atoms with Crippen LogP contribution in [0.15, 0.2) is 36.4 Å². The first-order chi connectivity index (χ1) is 14.9. The van der Waals surface area contributed by atoms with Crippen molar-refractivity contribution in [2.75, 3.05) is 23.0 Å². The monoisotopic (exact) mass is 456 g/mol. The number of carbonyl (C=O) groups excluding carboxylic acids is 2. The van der Waals surface area contributed by atoms with Crippen molar-refractivity contribution < 1.29 is 14.3 Å². The van der Waals surface area contributed by atoms with E-state index in [1.165, 1.54) is 11.3 Å². The van der Waals surface area contributed by atoms with Crippen LogP contribution in [-0.2, 0) is 4.74 Å². The number of anilines is 2. The van der Waals surface area contributed by atoms with Gasteiger partial charge in [0.1, 0.15) is 4.88 Å². The largest absolute Gasteiger partial charge is 0.449 e. The lowest BCUT2D eigenvalue weighted by molar-refractivity contribution is 0.0985. The van der Waals surface area contributed by atoms with Crippen LogP contribution in [-0.4, -0.2) is 31.2 Å². The number of hydrogen-bond acceptors (Lipinski definition) is 4. The first kappa shape index (κ1) is 21.7. The molecule has 0 fully saturated rings. The van der Waals surface area contributed by atoms with Crippen molar-refractivity contribution in [1.82, 2.24) is 0 Å². The summed E-state index contributed by atoms with van der Waals surface area (Å²) in [5, 5.41) is 1.37.